The van der Waals surface area contributed by atoms with Gasteiger partial charge in [0.25, 0.3) is 0 Å². The monoisotopic (exact) mass is 936 g/mol. The van der Waals surface area contributed by atoms with Crippen molar-refractivity contribution in [1.29, 1.82) is 0 Å². The summed E-state index contributed by atoms with van der Waals surface area (Å²) in [5, 5.41) is 0. The summed E-state index contributed by atoms with van der Waals surface area (Å²) in [5.74, 6) is 0.237. The van der Waals surface area contributed by atoms with E-state index in [-0.39, 0.29) is 11.3 Å². The average molecular weight is 937 g/mol. The molecular weight excluding hydrogens is 881 g/mol. The van der Waals surface area contributed by atoms with Crippen LogP contribution in [0.25, 0.3) is 55.6 Å². The van der Waals surface area contributed by atoms with Gasteiger partial charge in [-0.3, -0.25) is 0 Å². The van der Waals surface area contributed by atoms with E-state index in [2.05, 4.69) is 283 Å². The maximum Gasteiger partial charge on any atom is 0.0473 e. The number of hydrogen-bond acceptors (Lipinski definition) is 2. The number of benzene rings is 10. The molecule has 2 heteroatoms. The van der Waals surface area contributed by atoms with Crippen molar-refractivity contribution in [3.8, 4) is 55.6 Å². The highest BCUT2D eigenvalue weighted by Crippen LogP contribution is 2.58. The highest BCUT2D eigenvalue weighted by molar-refractivity contribution is 5.87. The Morgan fingerprint density at radius 3 is 1.29 bits per heavy atom. The van der Waals surface area contributed by atoms with Gasteiger partial charge in [-0.25, -0.2) is 0 Å². The minimum atomic E-state index is 0.0922. The molecule has 1 saturated carbocycles. The SMILES string of the molecule is C1=CC(c2ccc(N(c3ccc(-c4ccccc4)cc3)c3cc(-c4ccccc4)cc(-c4ccccc4)c3)cc2)CC=C1N(c1ccc(-c2ccccc2)cc1)c1ccc2c(c1)C1(CCCC1)c1ccccc1-2. The fourth-order valence-electron chi connectivity index (χ4n) is 12.1. The molecule has 0 radical (unpaired) electrons. The van der Waals surface area contributed by atoms with Crippen molar-refractivity contribution in [2.75, 3.05) is 9.80 Å². The lowest BCUT2D eigenvalue weighted by molar-refractivity contribution is 0.550. The van der Waals surface area contributed by atoms with Crippen molar-refractivity contribution in [3.05, 3.63) is 295 Å². The molecule has 2 nitrogen and oxygen atoms in total. The molecule has 0 aromatic heterocycles. The fraction of sp³-hybridized carbons (Fsp3) is 0.0986. The average Bonchev–Trinajstić information content (AvgIpc) is 4.08. The van der Waals surface area contributed by atoms with E-state index in [0.717, 1.165) is 29.2 Å². The van der Waals surface area contributed by atoms with E-state index >= 15 is 0 Å². The van der Waals surface area contributed by atoms with Crippen LogP contribution in [-0.4, -0.2) is 0 Å². The van der Waals surface area contributed by atoms with Crippen molar-refractivity contribution < 1.29 is 0 Å². The fourth-order valence-corrected chi connectivity index (χ4v) is 12.1. The van der Waals surface area contributed by atoms with Gasteiger partial charge < -0.3 is 9.80 Å². The molecule has 350 valence electrons. The molecule has 1 unspecified atom stereocenters. The Bertz CT molecular complexity index is 3550. The van der Waals surface area contributed by atoms with Crippen molar-refractivity contribution in [2.45, 2.75) is 43.4 Å². The number of anilines is 5. The van der Waals surface area contributed by atoms with Gasteiger partial charge in [0.1, 0.15) is 0 Å². The van der Waals surface area contributed by atoms with Gasteiger partial charge in [-0.1, -0.05) is 213 Å². The van der Waals surface area contributed by atoms with Gasteiger partial charge in [-0.05, 0) is 164 Å². The summed E-state index contributed by atoms with van der Waals surface area (Å²) in [6, 6.07) is 93.8. The molecule has 13 rings (SSSR count). The normalized spacial score (nSPS) is 15.1. The summed E-state index contributed by atoms with van der Waals surface area (Å²) < 4.78 is 0. The Hall–Kier alpha value is -8.72. The quantitative estimate of drug-likeness (QED) is 0.127. The van der Waals surface area contributed by atoms with E-state index in [0.29, 0.717) is 0 Å². The molecule has 0 bridgehead atoms. The number of hydrogen-bond donors (Lipinski definition) is 0. The van der Waals surface area contributed by atoms with Crippen LogP contribution in [0.2, 0.25) is 0 Å². The lowest BCUT2D eigenvalue weighted by Crippen LogP contribution is -2.22. The van der Waals surface area contributed by atoms with E-state index in [1.165, 1.54) is 109 Å². The molecule has 0 aliphatic heterocycles. The van der Waals surface area contributed by atoms with Crippen molar-refractivity contribution in [3.63, 3.8) is 0 Å². The molecule has 1 spiro atoms. The number of rotatable bonds is 11. The zero-order chi connectivity index (χ0) is 48.6. The number of fused-ring (bicyclic) bond motifs is 5. The molecule has 3 aliphatic carbocycles. The zero-order valence-electron chi connectivity index (χ0n) is 41.0. The standard InChI is InChI=1S/C71H56N2/c1-5-17-51(18-6-1)55-27-35-61(36-28-55)72(65-43-44-68-67-25-13-14-26-69(67)71(70(68)50-65)45-15-16-46-71)62-37-31-57(32-38-62)58-33-41-64(42-34-58)73(63-39-29-56(30-40-63)52-19-7-2-8-20-52)66-48-59(53-21-9-3-10-22-53)47-60(49-66)54-23-11-4-12-24-54/h1-14,17-31,33-44,47-50,57H,15-16,32,45-46H2. The summed E-state index contributed by atoms with van der Waals surface area (Å²) in [5.41, 5.74) is 23.7. The smallest absolute Gasteiger partial charge is 0.0473 e. The van der Waals surface area contributed by atoms with Crippen LogP contribution in [0.15, 0.2) is 279 Å². The summed E-state index contributed by atoms with van der Waals surface area (Å²) >= 11 is 0. The van der Waals surface area contributed by atoms with Gasteiger partial charge in [0.15, 0.2) is 0 Å². The van der Waals surface area contributed by atoms with E-state index < -0.39 is 0 Å². The molecule has 3 aliphatic rings. The number of allylic oxidation sites excluding steroid dienone is 3. The predicted octanol–water partition coefficient (Wildman–Crippen LogP) is 19.4. The Balaban J connectivity index is 0.849. The van der Waals surface area contributed by atoms with Crippen LogP contribution in [-0.2, 0) is 5.41 Å². The lowest BCUT2D eigenvalue weighted by atomic mass is 9.76. The molecule has 0 N–H and O–H groups in total. The Kier molecular flexibility index (Phi) is 11.6. The van der Waals surface area contributed by atoms with Crippen LogP contribution >= 0.6 is 0 Å². The second kappa shape index (κ2) is 19.1. The van der Waals surface area contributed by atoms with E-state index in [4.69, 9.17) is 0 Å². The van der Waals surface area contributed by atoms with Crippen LogP contribution in [0.1, 0.15) is 54.7 Å². The second-order valence-electron chi connectivity index (χ2n) is 20.0. The highest BCUT2D eigenvalue weighted by atomic mass is 15.2. The Labute approximate surface area is 430 Å². The third-order valence-corrected chi connectivity index (χ3v) is 15.7. The summed E-state index contributed by atoms with van der Waals surface area (Å²) in [6.07, 6.45) is 13.1. The molecule has 0 saturated heterocycles. The van der Waals surface area contributed by atoms with Crippen LogP contribution in [0.5, 0.6) is 0 Å². The molecule has 10 aromatic carbocycles. The molecular formula is C71H56N2. The van der Waals surface area contributed by atoms with E-state index in [9.17, 15) is 0 Å². The molecule has 0 heterocycles. The Morgan fingerprint density at radius 1 is 0.329 bits per heavy atom. The van der Waals surface area contributed by atoms with Gasteiger partial charge in [0.2, 0.25) is 0 Å². The van der Waals surface area contributed by atoms with Gasteiger partial charge in [-0.2, -0.15) is 0 Å². The maximum atomic E-state index is 2.53. The summed E-state index contributed by atoms with van der Waals surface area (Å²) in [4.78, 5) is 4.91. The van der Waals surface area contributed by atoms with Crippen molar-refractivity contribution in [1.82, 2.24) is 0 Å². The van der Waals surface area contributed by atoms with E-state index in [1.54, 1.807) is 0 Å². The zero-order valence-corrected chi connectivity index (χ0v) is 41.0. The van der Waals surface area contributed by atoms with E-state index in [1.807, 2.05) is 0 Å². The predicted molar refractivity (Wildman–Crippen MR) is 307 cm³/mol. The molecule has 0 amide bonds. The molecule has 10 aromatic rings. The summed E-state index contributed by atoms with van der Waals surface area (Å²) in [7, 11) is 0. The van der Waals surface area contributed by atoms with Crippen LogP contribution in [0.3, 0.4) is 0 Å². The third-order valence-electron chi connectivity index (χ3n) is 15.7. The van der Waals surface area contributed by atoms with Gasteiger partial charge in [-0.15, -0.1) is 0 Å². The molecule has 73 heavy (non-hydrogen) atoms. The molecule has 1 fully saturated rings. The molecule has 1 atom stereocenters. The van der Waals surface area contributed by atoms with Gasteiger partial charge in [0.05, 0.1) is 0 Å². The Morgan fingerprint density at radius 2 is 0.767 bits per heavy atom. The second-order valence-corrected chi connectivity index (χ2v) is 20.0. The van der Waals surface area contributed by atoms with Gasteiger partial charge >= 0.3 is 0 Å². The largest absolute Gasteiger partial charge is 0.311 e. The third kappa shape index (κ3) is 8.39. The van der Waals surface area contributed by atoms with Crippen molar-refractivity contribution >= 4 is 28.4 Å². The van der Waals surface area contributed by atoms with Gasteiger partial charge in [0, 0.05) is 45.5 Å². The number of nitrogens with zero attached hydrogens (tertiary/aromatic N) is 2. The van der Waals surface area contributed by atoms with Crippen LogP contribution in [0, 0.1) is 0 Å². The summed E-state index contributed by atoms with van der Waals surface area (Å²) in [6.45, 7) is 0. The lowest BCUT2D eigenvalue weighted by Gasteiger charge is -2.32. The maximum absolute atomic E-state index is 2.53. The first-order valence-corrected chi connectivity index (χ1v) is 26.1. The topological polar surface area (TPSA) is 6.48 Å². The first-order chi connectivity index (χ1) is 36.1. The van der Waals surface area contributed by atoms with Crippen LogP contribution < -0.4 is 9.80 Å². The first-order valence-electron chi connectivity index (χ1n) is 26.1. The van der Waals surface area contributed by atoms with Crippen molar-refractivity contribution in [2.24, 2.45) is 0 Å². The van der Waals surface area contributed by atoms with Crippen LogP contribution in [0.4, 0.5) is 28.4 Å². The first kappa shape index (κ1) is 44.2. The highest BCUT2D eigenvalue weighted by Gasteiger charge is 2.45. The minimum absolute atomic E-state index is 0.0922. The minimum Gasteiger partial charge on any atom is -0.311 e.